The summed E-state index contributed by atoms with van der Waals surface area (Å²) < 4.78 is 39.6. The molecule has 0 fully saturated rings. The summed E-state index contributed by atoms with van der Waals surface area (Å²) in [7, 11) is -4.79. The predicted octanol–water partition coefficient (Wildman–Crippen LogP) is 19.9. The molecule has 82 heavy (non-hydrogen) atoms. The van der Waals surface area contributed by atoms with Gasteiger partial charge in [-0.15, -0.1) is 0 Å². The van der Waals surface area contributed by atoms with Crippen molar-refractivity contribution in [1.29, 1.82) is 0 Å². The van der Waals surface area contributed by atoms with Gasteiger partial charge in [-0.3, -0.25) is 23.4 Å². The third kappa shape index (κ3) is 60.5. The van der Waals surface area contributed by atoms with E-state index in [1.807, 2.05) is 12.2 Å². The van der Waals surface area contributed by atoms with E-state index in [1.165, 1.54) is 83.5 Å². The van der Waals surface area contributed by atoms with Crippen LogP contribution < -0.4 is 0 Å². The Kier molecular flexibility index (Phi) is 59.8. The Labute approximate surface area is 500 Å². The molecule has 2 N–H and O–H groups in total. The molecule has 0 radical (unpaired) electrons. The van der Waals surface area contributed by atoms with E-state index in [2.05, 4.69) is 130 Å². The normalized spacial score (nSPS) is 14.1. The van der Waals surface area contributed by atoms with Crippen LogP contribution >= 0.6 is 7.82 Å². The zero-order chi connectivity index (χ0) is 59.8. The van der Waals surface area contributed by atoms with Crippen LogP contribution in [0, 0.1) is 0 Å². The van der Waals surface area contributed by atoms with Gasteiger partial charge in [-0.05, 0) is 96.3 Å². The highest BCUT2D eigenvalue weighted by atomic mass is 31.2. The Morgan fingerprint density at radius 3 is 1.05 bits per heavy atom. The summed E-state index contributed by atoms with van der Waals surface area (Å²) in [5, 5.41) is 9.86. The number of aliphatic hydroxyl groups excluding tert-OH is 1. The van der Waals surface area contributed by atoms with Crippen LogP contribution in [0.3, 0.4) is 0 Å². The van der Waals surface area contributed by atoms with Crippen molar-refractivity contribution in [2.75, 3.05) is 26.4 Å². The standard InChI is InChI=1S/C70H117O11P/c1-4-7-10-13-16-19-22-25-28-31-33-36-39-42-45-48-51-54-57-60-69(73)80-66(62-71)64-78-82(75,76)79-65-67(63-77-68(72)59-56-53-50-47-44-41-38-35-30-27-24-21-18-15-12-9-6-3)81-70(74)61-58-55-52-49-46-43-40-37-34-32-29-26-23-20-17-14-11-8-5-2/h7-8,10-11,16-17,19-20,25-26,28-29,33-34,36-37,43,46,52,55,66-67,71H,4-6,9,12-15,18,21-24,27,30-32,35,38-42,44-45,47-51,53-54,56-65H2,1-3H3,(H,75,76)/b10-7-,11-8-,19-16-,20-17-,28-25-,29-26-,36-33-,37-34-,46-43-,55-52-. The summed E-state index contributed by atoms with van der Waals surface area (Å²) >= 11 is 0. The minimum Gasteiger partial charge on any atom is -0.462 e. The molecule has 0 aromatic rings. The maximum Gasteiger partial charge on any atom is 0.472 e. The van der Waals surface area contributed by atoms with E-state index in [-0.39, 0.29) is 25.9 Å². The molecule has 0 saturated heterocycles. The first-order chi connectivity index (χ1) is 40.2. The van der Waals surface area contributed by atoms with Gasteiger partial charge < -0.3 is 24.2 Å². The van der Waals surface area contributed by atoms with E-state index in [1.54, 1.807) is 0 Å². The molecule has 0 spiro atoms. The van der Waals surface area contributed by atoms with Gasteiger partial charge in [-0.25, -0.2) is 4.57 Å². The largest absolute Gasteiger partial charge is 0.472 e. The zero-order valence-corrected chi connectivity index (χ0v) is 52.8. The maximum absolute atomic E-state index is 13.0. The Balaban J connectivity index is 4.80. The van der Waals surface area contributed by atoms with Crippen LogP contribution in [0.15, 0.2) is 122 Å². The van der Waals surface area contributed by atoms with E-state index >= 15 is 0 Å². The fraction of sp³-hybridized carbons (Fsp3) is 0.671. The number of carbonyl (C=O) groups excluding carboxylic acids is 3. The number of phosphoric acid groups is 1. The van der Waals surface area contributed by atoms with Crippen molar-refractivity contribution in [1.82, 2.24) is 0 Å². The number of hydrogen-bond donors (Lipinski definition) is 2. The van der Waals surface area contributed by atoms with Crippen LogP contribution in [0.2, 0.25) is 0 Å². The second-order valence-corrected chi connectivity index (χ2v) is 22.6. The second kappa shape index (κ2) is 62.9. The quantitative estimate of drug-likeness (QED) is 0.0197. The summed E-state index contributed by atoms with van der Waals surface area (Å²) in [6, 6.07) is 0. The van der Waals surface area contributed by atoms with E-state index < -0.39 is 57.8 Å². The third-order valence-electron chi connectivity index (χ3n) is 13.4. The van der Waals surface area contributed by atoms with Crippen LogP contribution in [0.4, 0.5) is 0 Å². The fourth-order valence-corrected chi connectivity index (χ4v) is 9.33. The molecule has 0 aliphatic carbocycles. The average molecular weight is 1170 g/mol. The van der Waals surface area contributed by atoms with Crippen LogP contribution in [-0.2, 0) is 42.2 Å². The van der Waals surface area contributed by atoms with Gasteiger partial charge in [0.1, 0.15) is 12.7 Å². The van der Waals surface area contributed by atoms with Gasteiger partial charge in [0.15, 0.2) is 6.10 Å². The molecule has 3 unspecified atom stereocenters. The number of aliphatic hydroxyl groups is 1. The van der Waals surface area contributed by atoms with Crippen LogP contribution in [0.1, 0.15) is 265 Å². The average Bonchev–Trinajstić information content (AvgIpc) is 3.50. The molecule has 11 nitrogen and oxygen atoms in total. The topological polar surface area (TPSA) is 155 Å². The summed E-state index contributed by atoms with van der Waals surface area (Å²) in [4.78, 5) is 48.8. The zero-order valence-electron chi connectivity index (χ0n) is 51.9. The Hall–Kier alpha value is -4.12. The molecule has 0 bridgehead atoms. The lowest BCUT2D eigenvalue weighted by Crippen LogP contribution is -2.30. The molecule has 0 aromatic heterocycles. The van der Waals surface area contributed by atoms with E-state index in [9.17, 15) is 28.9 Å². The molecular weight excluding hydrogens is 1050 g/mol. The number of phosphoric ester groups is 1. The van der Waals surface area contributed by atoms with Gasteiger partial charge in [0.05, 0.1) is 19.8 Å². The molecule has 0 aromatic carbocycles. The van der Waals surface area contributed by atoms with Crippen molar-refractivity contribution in [2.24, 2.45) is 0 Å². The molecule has 0 aliphatic rings. The van der Waals surface area contributed by atoms with Gasteiger partial charge in [-0.2, -0.15) is 0 Å². The van der Waals surface area contributed by atoms with Crippen molar-refractivity contribution >= 4 is 25.7 Å². The SMILES string of the molecule is CC/C=C\C/C=C\C/C=C\C/C=C\C/C=C\C/C=C\CCC(=O)OC(COC(=O)CCCCCCCCCCCCCCCCCCC)COP(=O)(O)OCC(CO)OC(=O)CCCCCCCC/C=C\C/C=C\C/C=C\C/C=C\CC. The van der Waals surface area contributed by atoms with E-state index in [4.69, 9.17) is 23.3 Å². The molecule has 0 saturated carbocycles. The van der Waals surface area contributed by atoms with Crippen molar-refractivity contribution < 1.29 is 52.2 Å². The number of ether oxygens (including phenoxy) is 3. The number of unbranched alkanes of at least 4 members (excludes halogenated alkanes) is 22. The van der Waals surface area contributed by atoms with E-state index in [0.29, 0.717) is 25.7 Å². The van der Waals surface area contributed by atoms with Gasteiger partial charge >= 0.3 is 25.7 Å². The highest BCUT2D eigenvalue weighted by Crippen LogP contribution is 2.43. The first kappa shape index (κ1) is 77.9. The summed E-state index contributed by atoms with van der Waals surface area (Å²) in [6.07, 6.45) is 78.8. The Bertz CT molecular complexity index is 1840. The van der Waals surface area contributed by atoms with E-state index in [0.717, 1.165) is 116 Å². The molecule has 12 heteroatoms. The van der Waals surface area contributed by atoms with Crippen LogP contribution in [0.5, 0.6) is 0 Å². The van der Waals surface area contributed by atoms with Gasteiger partial charge in [0, 0.05) is 19.3 Å². The first-order valence-corrected chi connectivity index (χ1v) is 33.9. The highest BCUT2D eigenvalue weighted by molar-refractivity contribution is 7.47. The number of carbonyl (C=O) groups is 3. The lowest BCUT2D eigenvalue weighted by molar-refractivity contribution is -0.161. The van der Waals surface area contributed by atoms with Gasteiger partial charge in [0.2, 0.25) is 0 Å². The molecule has 468 valence electrons. The predicted molar refractivity (Wildman–Crippen MR) is 343 cm³/mol. The Morgan fingerprint density at radius 2 is 0.659 bits per heavy atom. The molecule has 0 aliphatic heterocycles. The van der Waals surface area contributed by atoms with Crippen LogP contribution in [-0.4, -0.2) is 66.5 Å². The van der Waals surface area contributed by atoms with Crippen LogP contribution in [0.25, 0.3) is 0 Å². The maximum atomic E-state index is 13.0. The molecule has 0 rings (SSSR count). The first-order valence-electron chi connectivity index (χ1n) is 32.4. The molecular formula is C70H117O11P. The lowest BCUT2D eigenvalue weighted by atomic mass is 10.0. The van der Waals surface area contributed by atoms with Gasteiger partial charge in [0.25, 0.3) is 0 Å². The molecule has 0 amide bonds. The summed E-state index contributed by atoms with van der Waals surface area (Å²) in [6.45, 7) is 4.35. The number of rotatable bonds is 59. The minimum atomic E-state index is -4.79. The summed E-state index contributed by atoms with van der Waals surface area (Å²) in [5.41, 5.74) is 0. The number of hydrogen-bond acceptors (Lipinski definition) is 10. The van der Waals surface area contributed by atoms with Crippen molar-refractivity contribution in [2.45, 2.75) is 277 Å². The molecule has 3 atom stereocenters. The number of esters is 3. The smallest absolute Gasteiger partial charge is 0.462 e. The van der Waals surface area contributed by atoms with Crippen molar-refractivity contribution in [3.8, 4) is 0 Å². The summed E-state index contributed by atoms with van der Waals surface area (Å²) in [5.74, 6) is -1.58. The fourth-order valence-electron chi connectivity index (χ4n) is 8.55. The lowest BCUT2D eigenvalue weighted by Gasteiger charge is -2.21. The van der Waals surface area contributed by atoms with Crippen molar-refractivity contribution in [3.63, 3.8) is 0 Å². The minimum absolute atomic E-state index is 0.0377. The second-order valence-electron chi connectivity index (χ2n) is 21.2. The molecule has 0 heterocycles. The third-order valence-corrected chi connectivity index (χ3v) is 14.3. The Morgan fingerprint density at radius 1 is 0.354 bits per heavy atom. The number of allylic oxidation sites excluding steroid dienone is 20. The van der Waals surface area contributed by atoms with Crippen molar-refractivity contribution in [3.05, 3.63) is 122 Å². The monoisotopic (exact) mass is 1160 g/mol. The highest BCUT2D eigenvalue weighted by Gasteiger charge is 2.28. The van der Waals surface area contributed by atoms with Gasteiger partial charge in [-0.1, -0.05) is 271 Å².